The number of aromatic nitrogens is 2. The molecule has 1 aliphatic carbocycles. The molecule has 0 saturated carbocycles. The van der Waals surface area contributed by atoms with Gasteiger partial charge in [0.25, 0.3) is 11.5 Å². The van der Waals surface area contributed by atoms with Crippen LogP contribution in [0.5, 0.6) is 0 Å². The number of carbonyl (C=O) groups excluding carboxylic acids is 2. The first-order valence-corrected chi connectivity index (χ1v) is 8.65. The third-order valence-electron chi connectivity index (χ3n) is 4.45. The third kappa shape index (κ3) is 3.99. The highest BCUT2D eigenvalue weighted by Crippen LogP contribution is 2.16. The molecule has 0 bridgehead atoms. The molecule has 26 heavy (non-hydrogen) atoms. The molecular weight excluding hydrogens is 334 g/mol. The average Bonchev–Trinajstić information content (AvgIpc) is 2.67. The number of carbonyl (C=O) groups is 2. The second-order valence-corrected chi connectivity index (χ2v) is 6.21. The molecule has 1 aromatic carbocycles. The quantitative estimate of drug-likeness (QED) is 0.818. The van der Waals surface area contributed by atoms with Crippen molar-refractivity contribution in [1.29, 1.82) is 0 Å². The lowest BCUT2D eigenvalue weighted by molar-refractivity contribution is 0.0600. The van der Waals surface area contributed by atoms with E-state index in [0.717, 1.165) is 36.9 Å². The van der Waals surface area contributed by atoms with Gasteiger partial charge in [-0.1, -0.05) is 0 Å². The van der Waals surface area contributed by atoms with Crippen LogP contribution in [0.3, 0.4) is 0 Å². The molecule has 0 atom stereocenters. The number of hydrogen-bond acceptors (Lipinski definition) is 5. The molecule has 0 aliphatic heterocycles. The molecule has 7 heteroatoms. The molecule has 7 nitrogen and oxygen atoms in total. The minimum absolute atomic E-state index is 0.137. The van der Waals surface area contributed by atoms with Gasteiger partial charge in [-0.05, 0) is 55.5 Å². The number of amides is 1. The van der Waals surface area contributed by atoms with Crippen LogP contribution >= 0.6 is 0 Å². The number of nitrogens with one attached hydrogen (secondary N) is 1. The van der Waals surface area contributed by atoms with Crippen molar-refractivity contribution in [3.05, 3.63) is 63.1 Å². The van der Waals surface area contributed by atoms with Crippen LogP contribution in [0.4, 0.5) is 0 Å². The van der Waals surface area contributed by atoms with Crippen molar-refractivity contribution in [3.63, 3.8) is 0 Å². The zero-order valence-corrected chi connectivity index (χ0v) is 14.7. The number of ether oxygens (including phenoxy) is 1. The summed E-state index contributed by atoms with van der Waals surface area (Å²) in [5, 5.41) is 7.19. The molecule has 0 fully saturated rings. The Morgan fingerprint density at radius 3 is 2.58 bits per heavy atom. The van der Waals surface area contributed by atoms with Crippen molar-refractivity contribution in [2.75, 3.05) is 13.7 Å². The number of fused-ring (bicyclic) bond motifs is 1. The maximum atomic E-state index is 12.2. The molecule has 0 unspecified atom stereocenters. The van der Waals surface area contributed by atoms with Crippen LogP contribution in [0.15, 0.2) is 35.1 Å². The zero-order valence-electron chi connectivity index (χ0n) is 14.7. The summed E-state index contributed by atoms with van der Waals surface area (Å²) in [6.07, 6.45) is 4.00. The van der Waals surface area contributed by atoms with Gasteiger partial charge in [-0.25, -0.2) is 9.48 Å². The van der Waals surface area contributed by atoms with E-state index in [4.69, 9.17) is 0 Å². The van der Waals surface area contributed by atoms with E-state index in [9.17, 15) is 14.4 Å². The fourth-order valence-electron chi connectivity index (χ4n) is 3.01. The van der Waals surface area contributed by atoms with Crippen LogP contribution in [0.1, 0.15) is 44.8 Å². The first-order valence-electron chi connectivity index (χ1n) is 8.65. The lowest BCUT2D eigenvalue weighted by Crippen LogP contribution is -2.33. The van der Waals surface area contributed by atoms with Crippen molar-refractivity contribution in [2.24, 2.45) is 0 Å². The SMILES string of the molecule is COC(=O)c1ccc(C(=O)NCCn2nc3c(cc2=O)CCCC3)cc1. The number of nitrogens with zero attached hydrogens (tertiary/aromatic N) is 2. The van der Waals surface area contributed by atoms with E-state index < -0.39 is 5.97 Å². The summed E-state index contributed by atoms with van der Waals surface area (Å²) in [6.45, 7) is 0.612. The van der Waals surface area contributed by atoms with E-state index >= 15 is 0 Å². The van der Waals surface area contributed by atoms with Crippen molar-refractivity contribution in [2.45, 2.75) is 32.2 Å². The summed E-state index contributed by atoms with van der Waals surface area (Å²) < 4.78 is 6.03. The second kappa shape index (κ2) is 7.95. The highest BCUT2D eigenvalue weighted by atomic mass is 16.5. The fraction of sp³-hybridized carbons (Fsp3) is 0.368. The van der Waals surface area contributed by atoms with Crippen LogP contribution in [0.2, 0.25) is 0 Å². The first kappa shape index (κ1) is 17.8. The topological polar surface area (TPSA) is 90.3 Å². The number of aryl methyl sites for hydroxylation is 2. The fourth-order valence-corrected chi connectivity index (χ4v) is 3.01. The zero-order chi connectivity index (χ0) is 18.5. The second-order valence-electron chi connectivity index (χ2n) is 6.21. The van der Waals surface area contributed by atoms with Gasteiger partial charge in [-0.3, -0.25) is 9.59 Å². The van der Waals surface area contributed by atoms with E-state index in [0.29, 0.717) is 24.2 Å². The molecule has 1 heterocycles. The van der Waals surface area contributed by atoms with E-state index in [1.807, 2.05) is 0 Å². The lowest BCUT2D eigenvalue weighted by atomic mass is 9.97. The Morgan fingerprint density at radius 1 is 1.15 bits per heavy atom. The predicted molar refractivity (Wildman–Crippen MR) is 95.3 cm³/mol. The molecule has 1 aliphatic rings. The summed E-state index contributed by atoms with van der Waals surface area (Å²) in [4.78, 5) is 35.7. The number of hydrogen-bond donors (Lipinski definition) is 1. The monoisotopic (exact) mass is 355 g/mol. The smallest absolute Gasteiger partial charge is 0.337 e. The molecule has 3 rings (SSSR count). The summed E-state index contributed by atoms with van der Waals surface area (Å²) in [5.74, 6) is -0.720. The van der Waals surface area contributed by atoms with Crippen LogP contribution < -0.4 is 10.9 Å². The van der Waals surface area contributed by atoms with Gasteiger partial charge >= 0.3 is 5.97 Å². The largest absolute Gasteiger partial charge is 0.465 e. The predicted octanol–water partition coefficient (Wildman–Crippen LogP) is 1.34. The van der Waals surface area contributed by atoms with Gasteiger partial charge < -0.3 is 10.1 Å². The third-order valence-corrected chi connectivity index (χ3v) is 4.45. The van der Waals surface area contributed by atoms with Gasteiger partial charge in [0.1, 0.15) is 0 Å². The minimum atomic E-state index is -0.449. The number of rotatable bonds is 5. The number of methoxy groups -OCH3 is 1. The Balaban J connectivity index is 1.58. The van der Waals surface area contributed by atoms with Crippen molar-refractivity contribution < 1.29 is 14.3 Å². The van der Waals surface area contributed by atoms with E-state index in [1.165, 1.54) is 23.9 Å². The minimum Gasteiger partial charge on any atom is -0.465 e. The van der Waals surface area contributed by atoms with Crippen molar-refractivity contribution in [3.8, 4) is 0 Å². The highest BCUT2D eigenvalue weighted by Gasteiger charge is 2.13. The van der Waals surface area contributed by atoms with Gasteiger partial charge in [0, 0.05) is 18.2 Å². The van der Waals surface area contributed by atoms with Gasteiger partial charge in [-0.15, -0.1) is 0 Å². The van der Waals surface area contributed by atoms with Crippen LogP contribution in [0, 0.1) is 0 Å². The average molecular weight is 355 g/mol. The summed E-state index contributed by atoms with van der Waals surface area (Å²) in [5.41, 5.74) is 2.72. The Morgan fingerprint density at radius 2 is 1.85 bits per heavy atom. The van der Waals surface area contributed by atoms with Crippen molar-refractivity contribution in [1.82, 2.24) is 15.1 Å². The molecule has 0 saturated heterocycles. The van der Waals surface area contributed by atoms with Gasteiger partial charge in [0.15, 0.2) is 0 Å². The molecule has 2 aromatic rings. The molecule has 1 N–H and O–H groups in total. The standard InChI is InChI=1S/C19H21N3O4/c1-26-19(25)14-8-6-13(7-9-14)18(24)20-10-11-22-17(23)12-15-4-2-3-5-16(15)21-22/h6-9,12H,2-5,10-11H2,1H3,(H,20,24). The van der Waals surface area contributed by atoms with Gasteiger partial charge in [0.05, 0.1) is 24.9 Å². The molecule has 1 aromatic heterocycles. The van der Waals surface area contributed by atoms with E-state index in [2.05, 4.69) is 15.2 Å². The Hall–Kier alpha value is -2.96. The Labute approximate surface area is 151 Å². The molecule has 0 radical (unpaired) electrons. The van der Waals surface area contributed by atoms with E-state index in [1.54, 1.807) is 18.2 Å². The Bertz CT molecular complexity index is 871. The van der Waals surface area contributed by atoms with Crippen molar-refractivity contribution >= 4 is 11.9 Å². The molecular formula is C19H21N3O4. The molecule has 1 amide bonds. The number of benzene rings is 1. The van der Waals surface area contributed by atoms with Crippen LogP contribution in [0.25, 0.3) is 0 Å². The van der Waals surface area contributed by atoms with Crippen LogP contribution in [-0.4, -0.2) is 35.3 Å². The maximum absolute atomic E-state index is 12.2. The normalized spacial score (nSPS) is 13.0. The highest BCUT2D eigenvalue weighted by molar-refractivity contribution is 5.96. The Kier molecular flexibility index (Phi) is 5.46. The van der Waals surface area contributed by atoms with Crippen LogP contribution in [-0.2, 0) is 24.1 Å². The lowest BCUT2D eigenvalue weighted by Gasteiger charge is -2.16. The summed E-state index contributed by atoms with van der Waals surface area (Å²) in [6, 6.07) is 7.86. The first-order chi connectivity index (χ1) is 12.6. The van der Waals surface area contributed by atoms with Gasteiger partial charge in [0.2, 0.25) is 0 Å². The molecule has 0 spiro atoms. The summed E-state index contributed by atoms with van der Waals surface area (Å²) >= 11 is 0. The summed E-state index contributed by atoms with van der Waals surface area (Å²) in [7, 11) is 1.31. The van der Waals surface area contributed by atoms with E-state index in [-0.39, 0.29) is 11.5 Å². The number of esters is 1. The van der Waals surface area contributed by atoms with Gasteiger partial charge in [-0.2, -0.15) is 5.10 Å². The molecule has 136 valence electrons. The maximum Gasteiger partial charge on any atom is 0.337 e.